The van der Waals surface area contributed by atoms with Crippen molar-refractivity contribution in [2.75, 3.05) is 5.32 Å². The molecule has 2 nitrogen and oxygen atoms in total. The van der Waals surface area contributed by atoms with Crippen LogP contribution in [0, 0.1) is 6.92 Å². The Balaban J connectivity index is 2.13. The average molecular weight is 318 g/mol. The van der Waals surface area contributed by atoms with Gasteiger partial charge in [-0.1, -0.05) is 41.1 Å². The maximum atomic E-state index is 12.1. The molecule has 3 heteroatoms. The van der Waals surface area contributed by atoms with Crippen LogP contribution in [0.3, 0.4) is 0 Å². The summed E-state index contributed by atoms with van der Waals surface area (Å²) < 4.78 is 0.992. The third kappa shape index (κ3) is 3.44. The summed E-state index contributed by atoms with van der Waals surface area (Å²) in [5.41, 5.74) is 3.84. The summed E-state index contributed by atoms with van der Waals surface area (Å²) in [7, 11) is 0. The Bertz CT molecular complexity index is 590. The van der Waals surface area contributed by atoms with Crippen LogP contribution in [0.25, 0.3) is 0 Å². The number of nitrogens with one attached hydrogen (secondary N) is 1. The molecule has 0 atom stereocenters. The summed E-state index contributed by atoms with van der Waals surface area (Å²) in [5.74, 6) is -0.0848. The molecule has 2 rings (SSSR count). The lowest BCUT2D eigenvalue weighted by Crippen LogP contribution is -2.11. The van der Waals surface area contributed by atoms with E-state index >= 15 is 0 Å². The number of carbonyl (C=O) groups excluding carboxylic acids is 1. The highest BCUT2D eigenvalue weighted by molar-refractivity contribution is 9.10. The molecule has 0 bridgehead atoms. The number of hydrogen-bond acceptors (Lipinski definition) is 1. The molecule has 0 aliphatic carbocycles. The van der Waals surface area contributed by atoms with E-state index in [1.54, 1.807) is 0 Å². The largest absolute Gasteiger partial charge is 0.322 e. The quantitative estimate of drug-likeness (QED) is 0.882. The molecule has 19 heavy (non-hydrogen) atoms. The summed E-state index contributed by atoms with van der Waals surface area (Å²) in [5, 5.41) is 2.89. The Hall–Kier alpha value is -1.61. The van der Waals surface area contributed by atoms with Gasteiger partial charge in [0.2, 0.25) is 0 Å². The number of benzene rings is 2. The molecule has 1 amide bonds. The zero-order valence-corrected chi connectivity index (χ0v) is 12.6. The lowest BCUT2D eigenvalue weighted by molar-refractivity contribution is 0.102. The van der Waals surface area contributed by atoms with Gasteiger partial charge in [-0.3, -0.25) is 4.79 Å². The van der Waals surface area contributed by atoms with E-state index < -0.39 is 0 Å². The van der Waals surface area contributed by atoms with Crippen molar-refractivity contribution in [3.05, 3.63) is 63.6 Å². The van der Waals surface area contributed by atoms with Gasteiger partial charge in [0.25, 0.3) is 5.91 Å². The third-order valence-corrected chi connectivity index (χ3v) is 3.91. The first-order valence-corrected chi connectivity index (χ1v) is 7.06. The van der Waals surface area contributed by atoms with Crippen LogP contribution in [0.2, 0.25) is 0 Å². The highest BCUT2D eigenvalue weighted by Gasteiger charge is 2.06. The van der Waals surface area contributed by atoms with Crippen LogP contribution in [0.4, 0.5) is 5.69 Å². The SMILES string of the molecule is CCc1ccc(C(=O)Nc2ccc(C)c(Br)c2)cc1. The van der Waals surface area contributed by atoms with E-state index in [-0.39, 0.29) is 5.91 Å². The highest BCUT2D eigenvalue weighted by atomic mass is 79.9. The number of anilines is 1. The van der Waals surface area contributed by atoms with Crippen molar-refractivity contribution >= 4 is 27.5 Å². The average Bonchev–Trinajstić information content (AvgIpc) is 2.43. The molecule has 0 radical (unpaired) electrons. The summed E-state index contributed by atoms with van der Waals surface area (Å²) in [6, 6.07) is 13.5. The maximum absolute atomic E-state index is 12.1. The van der Waals surface area contributed by atoms with E-state index in [0.717, 1.165) is 22.1 Å². The maximum Gasteiger partial charge on any atom is 0.255 e. The number of carbonyl (C=O) groups is 1. The minimum absolute atomic E-state index is 0.0848. The van der Waals surface area contributed by atoms with Crippen LogP contribution in [0.1, 0.15) is 28.4 Å². The van der Waals surface area contributed by atoms with Gasteiger partial charge >= 0.3 is 0 Å². The molecular weight excluding hydrogens is 302 g/mol. The number of hydrogen-bond donors (Lipinski definition) is 1. The minimum Gasteiger partial charge on any atom is -0.322 e. The second kappa shape index (κ2) is 6.02. The zero-order chi connectivity index (χ0) is 13.8. The van der Waals surface area contributed by atoms with Crippen LogP contribution in [0.15, 0.2) is 46.9 Å². The summed E-state index contributed by atoms with van der Waals surface area (Å²) >= 11 is 3.46. The molecule has 2 aromatic rings. The first-order valence-electron chi connectivity index (χ1n) is 6.26. The van der Waals surface area contributed by atoms with Crippen LogP contribution < -0.4 is 5.32 Å². The fraction of sp³-hybridized carbons (Fsp3) is 0.188. The number of halogens is 1. The Kier molecular flexibility index (Phi) is 4.38. The number of aryl methyl sites for hydroxylation is 2. The normalized spacial score (nSPS) is 10.3. The van der Waals surface area contributed by atoms with Gasteiger partial charge < -0.3 is 5.32 Å². The second-order valence-electron chi connectivity index (χ2n) is 4.47. The molecule has 0 saturated heterocycles. The van der Waals surface area contributed by atoms with E-state index in [4.69, 9.17) is 0 Å². The Morgan fingerprint density at radius 1 is 1.16 bits per heavy atom. The van der Waals surface area contributed by atoms with Crippen LogP contribution in [-0.2, 0) is 6.42 Å². The third-order valence-electron chi connectivity index (χ3n) is 3.05. The van der Waals surface area contributed by atoms with Crippen molar-refractivity contribution in [3.8, 4) is 0 Å². The molecule has 0 saturated carbocycles. The molecule has 0 aliphatic heterocycles. The number of amides is 1. The summed E-state index contributed by atoms with van der Waals surface area (Å²) in [4.78, 5) is 12.1. The molecular formula is C16H16BrNO. The van der Waals surface area contributed by atoms with Gasteiger partial charge in [0.15, 0.2) is 0 Å². The first kappa shape index (κ1) is 13.8. The van der Waals surface area contributed by atoms with Crippen molar-refractivity contribution in [2.24, 2.45) is 0 Å². The lowest BCUT2D eigenvalue weighted by atomic mass is 10.1. The molecule has 98 valence electrons. The van der Waals surface area contributed by atoms with Gasteiger partial charge in [0, 0.05) is 15.7 Å². The Morgan fingerprint density at radius 3 is 2.42 bits per heavy atom. The van der Waals surface area contributed by atoms with Gasteiger partial charge in [-0.25, -0.2) is 0 Å². The second-order valence-corrected chi connectivity index (χ2v) is 5.32. The molecule has 1 N–H and O–H groups in total. The highest BCUT2D eigenvalue weighted by Crippen LogP contribution is 2.21. The zero-order valence-electron chi connectivity index (χ0n) is 11.0. The van der Waals surface area contributed by atoms with Gasteiger partial charge in [-0.15, -0.1) is 0 Å². The standard InChI is InChI=1S/C16H16BrNO/c1-3-12-5-7-13(8-6-12)16(19)18-14-9-4-11(2)15(17)10-14/h4-10H,3H2,1-2H3,(H,18,19). The molecule has 2 aromatic carbocycles. The Labute approximate surface area is 122 Å². The van der Waals surface area contributed by atoms with Crippen molar-refractivity contribution < 1.29 is 4.79 Å². The smallest absolute Gasteiger partial charge is 0.255 e. The van der Waals surface area contributed by atoms with Gasteiger partial charge in [-0.05, 0) is 48.7 Å². The predicted octanol–water partition coefficient (Wildman–Crippen LogP) is 4.57. The molecule has 0 aliphatic rings. The van der Waals surface area contributed by atoms with Crippen LogP contribution in [-0.4, -0.2) is 5.91 Å². The van der Waals surface area contributed by atoms with Crippen molar-refractivity contribution in [1.82, 2.24) is 0 Å². The van der Waals surface area contributed by atoms with E-state index in [0.29, 0.717) is 5.56 Å². The molecule has 0 unspecified atom stereocenters. The van der Waals surface area contributed by atoms with Crippen LogP contribution >= 0.6 is 15.9 Å². The predicted molar refractivity (Wildman–Crippen MR) is 82.7 cm³/mol. The Morgan fingerprint density at radius 2 is 1.84 bits per heavy atom. The summed E-state index contributed by atoms with van der Waals surface area (Å²) in [6.45, 7) is 4.11. The monoisotopic (exact) mass is 317 g/mol. The summed E-state index contributed by atoms with van der Waals surface area (Å²) in [6.07, 6.45) is 0.979. The number of rotatable bonds is 3. The molecule has 0 heterocycles. The molecule has 0 fully saturated rings. The van der Waals surface area contributed by atoms with E-state index in [1.165, 1.54) is 5.56 Å². The van der Waals surface area contributed by atoms with E-state index in [2.05, 4.69) is 28.2 Å². The fourth-order valence-electron chi connectivity index (χ4n) is 1.77. The van der Waals surface area contributed by atoms with Crippen molar-refractivity contribution in [1.29, 1.82) is 0 Å². The first-order chi connectivity index (χ1) is 9.10. The molecule has 0 spiro atoms. The van der Waals surface area contributed by atoms with E-state index in [1.807, 2.05) is 49.4 Å². The van der Waals surface area contributed by atoms with Gasteiger partial charge in [0.1, 0.15) is 0 Å². The van der Waals surface area contributed by atoms with Gasteiger partial charge in [0.05, 0.1) is 0 Å². The van der Waals surface area contributed by atoms with E-state index in [9.17, 15) is 4.79 Å². The lowest BCUT2D eigenvalue weighted by Gasteiger charge is -2.07. The fourth-order valence-corrected chi connectivity index (χ4v) is 2.14. The van der Waals surface area contributed by atoms with Crippen molar-refractivity contribution in [3.63, 3.8) is 0 Å². The topological polar surface area (TPSA) is 29.1 Å². The van der Waals surface area contributed by atoms with Crippen molar-refractivity contribution in [2.45, 2.75) is 20.3 Å². The molecule has 0 aromatic heterocycles. The minimum atomic E-state index is -0.0848. The van der Waals surface area contributed by atoms with Gasteiger partial charge in [-0.2, -0.15) is 0 Å². The van der Waals surface area contributed by atoms with Crippen LogP contribution in [0.5, 0.6) is 0 Å².